The molecule has 0 aliphatic carbocycles. The first-order valence-corrected chi connectivity index (χ1v) is 15.5. The predicted octanol–water partition coefficient (Wildman–Crippen LogP) is 7.95. The van der Waals surface area contributed by atoms with Crippen LogP contribution in [0.2, 0.25) is 20.1 Å². The van der Waals surface area contributed by atoms with Gasteiger partial charge in [-0.25, -0.2) is 5.43 Å². The van der Waals surface area contributed by atoms with Gasteiger partial charge in [0.15, 0.2) is 6.10 Å². The minimum atomic E-state index is -0.946. The second-order valence-corrected chi connectivity index (χ2v) is 12.0. The number of carbonyl (C=O) groups is 2. The SMILES string of the molecule is C[C@H](Oc1ccc(Cl)cc1Cl)C(=O)N[C@H](Cc1ccccc1)C(=O)N/N=C\c1cn(Cc2ccc(Cl)cc2Cl)c2ccccc12. The number of hydrazone groups is 1. The van der Waals surface area contributed by atoms with Gasteiger partial charge in [-0.1, -0.05) is 101 Å². The molecule has 2 N–H and O–H groups in total. The number of nitrogens with zero attached hydrogens (tertiary/aromatic N) is 2. The molecule has 7 nitrogen and oxygen atoms in total. The highest BCUT2D eigenvalue weighted by molar-refractivity contribution is 6.35. The van der Waals surface area contributed by atoms with E-state index in [0.29, 0.717) is 27.4 Å². The van der Waals surface area contributed by atoms with Crippen molar-refractivity contribution < 1.29 is 14.3 Å². The van der Waals surface area contributed by atoms with Crippen molar-refractivity contribution in [3.05, 3.63) is 134 Å². The Morgan fingerprint density at radius 3 is 2.29 bits per heavy atom. The number of rotatable bonds is 11. The lowest BCUT2D eigenvalue weighted by molar-refractivity contribution is -0.132. The molecule has 0 aliphatic rings. The van der Waals surface area contributed by atoms with E-state index in [1.807, 2.05) is 66.9 Å². The van der Waals surface area contributed by atoms with Crippen LogP contribution in [0.3, 0.4) is 0 Å². The summed E-state index contributed by atoms with van der Waals surface area (Å²) in [6, 6.07) is 26.4. The fourth-order valence-electron chi connectivity index (χ4n) is 4.75. The van der Waals surface area contributed by atoms with E-state index in [2.05, 4.69) is 20.4 Å². The van der Waals surface area contributed by atoms with Crippen molar-refractivity contribution in [2.45, 2.75) is 32.0 Å². The first-order chi connectivity index (χ1) is 21.7. The number of halogens is 4. The monoisotopic (exact) mass is 680 g/mol. The zero-order valence-corrected chi connectivity index (χ0v) is 27.0. The molecule has 2 amide bonds. The number of amides is 2. The molecule has 230 valence electrons. The zero-order chi connectivity index (χ0) is 31.9. The predicted molar refractivity (Wildman–Crippen MR) is 182 cm³/mol. The first-order valence-electron chi connectivity index (χ1n) is 14.0. The Balaban J connectivity index is 1.31. The van der Waals surface area contributed by atoms with E-state index >= 15 is 0 Å². The lowest BCUT2D eigenvalue weighted by atomic mass is 10.1. The largest absolute Gasteiger partial charge is 0.479 e. The molecule has 0 saturated heterocycles. The summed E-state index contributed by atoms with van der Waals surface area (Å²) in [6.45, 7) is 2.09. The maximum atomic E-state index is 13.4. The van der Waals surface area contributed by atoms with E-state index in [-0.39, 0.29) is 11.4 Å². The van der Waals surface area contributed by atoms with Crippen molar-refractivity contribution in [2.75, 3.05) is 0 Å². The summed E-state index contributed by atoms with van der Waals surface area (Å²) >= 11 is 24.7. The maximum absolute atomic E-state index is 13.4. The summed E-state index contributed by atoms with van der Waals surface area (Å²) in [5.74, 6) is -0.684. The van der Waals surface area contributed by atoms with Crippen molar-refractivity contribution in [2.24, 2.45) is 5.10 Å². The fourth-order valence-corrected chi connectivity index (χ4v) is 5.67. The molecule has 11 heteroatoms. The van der Waals surface area contributed by atoms with Crippen LogP contribution in [0.15, 0.2) is 102 Å². The first kappa shape index (κ1) is 32.4. The van der Waals surface area contributed by atoms with Gasteiger partial charge >= 0.3 is 0 Å². The number of benzene rings is 4. The van der Waals surface area contributed by atoms with Gasteiger partial charge < -0.3 is 14.6 Å². The summed E-state index contributed by atoms with van der Waals surface area (Å²) in [7, 11) is 0. The van der Waals surface area contributed by atoms with E-state index in [0.717, 1.165) is 27.6 Å². The number of nitrogens with one attached hydrogen (secondary N) is 2. The molecular weight excluding hydrogens is 654 g/mol. The van der Waals surface area contributed by atoms with Crippen LogP contribution in [0.5, 0.6) is 5.75 Å². The number of aromatic nitrogens is 1. The van der Waals surface area contributed by atoms with Gasteiger partial charge in [-0.15, -0.1) is 0 Å². The lowest BCUT2D eigenvalue weighted by Crippen LogP contribution is -2.50. The molecule has 0 spiro atoms. The molecule has 0 aliphatic heterocycles. The molecular formula is C34H28Cl4N4O3. The van der Waals surface area contributed by atoms with Crippen LogP contribution in [0.4, 0.5) is 0 Å². The van der Waals surface area contributed by atoms with Gasteiger partial charge in [0.1, 0.15) is 11.8 Å². The van der Waals surface area contributed by atoms with Crippen molar-refractivity contribution in [1.82, 2.24) is 15.3 Å². The van der Waals surface area contributed by atoms with E-state index in [9.17, 15) is 9.59 Å². The van der Waals surface area contributed by atoms with Crippen molar-refractivity contribution in [3.63, 3.8) is 0 Å². The Hall–Kier alpha value is -4.01. The number of ether oxygens (including phenoxy) is 1. The average Bonchev–Trinajstić information content (AvgIpc) is 3.37. The third-order valence-electron chi connectivity index (χ3n) is 7.04. The van der Waals surface area contributed by atoms with E-state index in [1.165, 1.54) is 6.07 Å². The molecule has 45 heavy (non-hydrogen) atoms. The molecule has 5 aromatic rings. The van der Waals surface area contributed by atoms with Crippen LogP contribution in [-0.2, 0) is 22.6 Å². The molecule has 4 aromatic carbocycles. The van der Waals surface area contributed by atoms with Gasteiger partial charge in [-0.05, 0) is 54.4 Å². The average molecular weight is 682 g/mol. The summed E-state index contributed by atoms with van der Waals surface area (Å²) in [5, 5.41) is 9.84. The Kier molecular flexibility index (Phi) is 10.7. The zero-order valence-electron chi connectivity index (χ0n) is 24.0. The minimum absolute atomic E-state index is 0.240. The fraction of sp³-hybridized carbons (Fsp3) is 0.147. The molecule has 2 atom stereocenters. The highest BCUT2D eigenvalue weighted by atomic mass is 35.5. The van der Waals surface area contributed by atoms with Crippen LogP contribution in [0, 0.1) is 0 Å². The lowest BCUT2D eigenvalue weighted by Gasteiger charge is -2.21. The van der Waals surface area contributed by atoms with E-state index in [1.54, 1.807) is 37.4 Å². The van der Waals surface area contributed by atoms with Gasteiger partial charge in [-0.3, -0.25) is 9.59 Å². The number of para-hydroxylation sites is 1. The Morgan fingerprint density at radius 1 is 0.867 bits per heavy atom. The van der Waals surface area contributed by atoms with Gasteiger partial charge in [-0.2, -0.15) is 5.10 Å². The molecule has 0 saturated carbocycles. The molecule has 1 heterocycles. The third-order valence-corrected chi connectivity index (χ3v) is 8.15. The van der Waals surface area contributed by atoms with Crippen molar-refractivity contribution >= 4 is 75.3 Å². The second-order valence-electron chi connectivity index (χ2n) is 10.3. The summed E-state index contributed by atoms with van der Waals surface area (Å²) in [5.41, 5.74) is 6.13. The standard InChI is InChI=1S/C34H28Cl4N4O3/c1-21(45-32-14-13-26(36)17-29(32)38)33(43)40-30(15-22-7-3-2-4-8-22)34(44)41-39-18-24-20-42(31-10-6-5-9-27(24)31)19-23-11-12-25(35)16-28(23)37/h2-14,16-18,20-21,30H,15,19H2,1H3,(H,40,43)(H,41,44)/b39-18-/t21-,30+/m0/s1. The number of carbonyl (C=O) groups excluding carboxylic acids is 2. The summed E-state index contributed by atoms with van der Waals surface area (Å²) < 4.78 is 7.81. The molecule has 0 fully saturated rings. The van der Waals surface area contributed by atoms with Crippen LogP contribution >= 0.6 is 46.4 Å². The summed E-state index contributed by atoms with van der Waals surface area (Å²) in [6.07, 6.45) is 2.81. The van der Waals surface area contributed by atoms with Crippen LogP contribution in [-0.4, -0.2) is 34.7 Å². The minimum Gasteiger partial charge on any atom is -0.479 e. The summed E-state index contributed by atoms with van der Waals surface area (Å²) in [4.78, 5) is 26.5. The molecule has 5 rings (SSSR count). The molecule has 0 bridgehead atoms. The Bertz CT molecular complexity index is 1860. The number of hydrogen-bond donors (Lipinski definition) is 2. The van der Waals surface area contributed by atoms with Crippen LogP contribution in [0.25, 0.3) is 10.9 Å². The maximum Gasteiger partial charge on any atom is 0.262 e. The Labute approximate surface area is 280 Å². The normalized spacial score (nSPS) is 12.6. The van der Waals surface area contributed by atoms with Crippen LogP contribution < -0.4 is 15.5 Å². The topological polar surface area (TPSA) is 84.7 Å². The number of hydrogen-bond acceptors (Lipinski definition) is 4. The van der Waals surface area contributed by atoms with Crippen molar-refractivity contribution in [1.29, 1.82) is 0 Å². The highest BCUT2D eigenvalue weighted by Gasteiger charge is 2.25. The highest BCUT2D eigenvalue weighted by Crippen LogP contribution is 2.29. The third kappa shape index (κ3) is 8.38. The van der Waals surface area contributed by atoms with E-state index in [4.69, 9.17) is 51.1 Å². The quantitative estimate of drug-likeness (QED) is 0.110. The van der Waals surface area contributed by atoms with Gasteiger partial charge in [0.2, 0.25) is 0 Å². The van der Waals surface area contributed by atoms with Crippen LogP contribution in [0.1, 0.15) is 23.6 Å². The van der Waals surface area contributed by atoms with E-state index < -0.39 is 24.0 Å². The molecule has 1 aromatic heterocycles. The van der Waals surface area contributed by atoms with Gasteiger partial charge in [0, 0.05) is 50.7 Å². The smallest absolute Gasteiger partial charge is 0.262 e. The molecule has 0 unspecified atom stereocenters. The molecule has 0 radical (unpaired) electrons. The second kappa shape index (κ2) is 14.8. The van der Waals surface area contributed by atoms with Gasteiger partial charge in [0.05, 0.1) is 11.2 Å². The van der Waals surface area contributed by atoms with Crippen molar-refractivity contribution in [3.8, 4) is 5.75 Å². The Morgan fingerprint density at radius 2 is 1.56 bits per heavy atom. The van der Waals surface area contributed by atoms with Gasteiger partial charge in [0.25, 0.3) is 11.8 Å². The number of fused-ring (bicyclic) bond motifs is 1.